The highest BCUT2D eigenvalue weighted by molar-refractivity contribution is 5.84. The summed E-state index contributed by atoms with van der Waals surface area (Å²) < 4.78 is 0. The molecule has 0 spiro atoms. The number of carbonyl (C=O) groups is 2. The van der Waals surface area contributed by atoms with Crippen molar-refractivity contribution in [2.45, 2.75) is 46.0 Å². The number of carboxylic acids is 1. The molecule has 1 fully saturated rings. The molecule has 98 valence electrons. The fraction of sp³-hybridized carbons (Fsp3) is 0.846. The zero-order valence-corrected chi connectivity index (χ0v) is 11.0. The molecular formula is C13H23NO3. The molecule has 0 bridgehead atoms. The highest BCUT2D eigenvalue weighted by Gasteiger charge is 2.31. The van der Waals surface area contributed by atoms with E-state index >= 15 is 0 Å². The van der Waals surface area contributed by atoms with Gasteiger partial charge in [0.2, 0.25) is 5.91 Å². The Morgan fingerprint density at radius 1 is 1.29 bits per heavy atom. The maximum atomic E-state index is 11.9. The van der Waals surface area contributed by atoms with Crippen LogP contribution in [-0.4, -0.2) is 35.5 Å². The standard InChI is InChI=1S/C13H23NO3/c1-13(2,12(16)17)8-11(15)14(3)9-10-6-4-5-7-10/h10H,4-9H2,1-3H3,(H,16,17). The van der Waals surface area contributed by atoms with Gasteiger partial charge in [-0.15, -0.1) is 0 Å². The van der Waals surface area contributed by atoms with Crippen LogP contribution in [-0.2, 0) is 9.59 Å². The maximum Gasteiger partial charge on any atom is 0.309 e. The Labute approximate surface area is 103 Å². The van der Waals surface area contributed by atoms with Crippen LogP contribution < -0.4 is 0 Å². The molecule has 1 N–H and O–H groups in total. The number of nitrogens with zero attached hydrogens (tertiary/aromatic N) is 1. The average molecular weight is 241 g/mol. The van der Waals surface area contributed by atoms with Crippen LogP contribution in [0.4, 0.5) is 0 Å². The van der Waals surface area contributed by atoms with E-state index in [4.69, 9.17) is 5.11 Å². The van der Waals surface area contributed by atoms with Crippen molar-refractivity contribution in [3.63, 3.8) is 0 Å². The lowest BCUT2D eigenvalue weighted by atomic mass is 9.89. The molecule has 1 amide bonds. The van der Waals surface area contributed by atoms with E-state index in [1.165, 1.54) is 25.7 Å². The van der Waals surface area contributed by atoms with Gasteiger partial charge in [0.15, 0.2) is 0 Å². The first-order chi connectivity index (χ1) is 7.83. The molecule has 0 aromatic carbocycles. The second-order valence-corrected chi connectivity index (χ2v) is 5.79. The van der Waals surface area contributed by atoms with Crippen molar-refractivity contribution in [2.24, 2.45) is 11.3 Å². The SMILES string of the molecule is CN(CC1CCCC1)C(=O)CC(C)(C)C(=O)O. The van der Waals surface area contributed by atoms with E-state index in [1.807, 2.05) is 0 Å². The molecule has 4 nitrogen and oxygen atoms in total. The number of hydrogen-bond acceptors (Lipinski definition) is 2. The van der Waals surface area contributed by atoms with Gasteiger partial charge in [0.1, 0.15) is 0 Å². The van der Waals surface area contributed by atoms with Crippen LogP contribution in [0, 0.1) is 11.3 Å². The molecule has 4 heteroatoms. The first-order valence-electron chi connectivity index (χ1n) is 6.30. The third kappa shape index (κ3) is 4.02. The molecule has 0 saturated heterocycles. The average Bonchev–Trinajstić information content (AvgIpc) is 2.69. The lowest BCUT2D eigenvalue weighted by molar-refractivity contribution is -0.151. The largest absolute Gasteiger partial charge is 0.481 e. The summed E-state index contributed by atoms with van der Waals surface area (Å²) in [5.74, 6) is -0.374. The third-order valence-corrected chi connectivity index (χ3v) is 3.60. The lowest BCUT2D eigenvalue weighted by Crippen LogP contribution is -2.36. The van der Waals surface area contributed by atoms with Crippen molar-refractivity contribution in [1.29, 1.82) is 0 Å². The van der Waals surface area contributed by atoms with E-state index in [9.17, 15) is 9.59 Å². The van der Waals surface area contributed by atoms with Crippen LogP contribution in [0.1, 0.15) is 46.0 Å². The highest BCUT2D eigenvalue weighted by Crippen LogP contribution is 2.26. The Bertz CT molecular complexity index is 293. The summed E-state index contributed by atoms with van der Waals surface area (Å²) in [5, 5.41) is 8.99. The molecule has 1 rings (SSSR count). The molecule has 0 aliphatic heterocycles. The quantitative estimate of drug-likeness (QED) is 0.802. The van der Waals surface area contributed by atoms with Gasteiger partial charge in [0.25, 0.3) is 0 Å². The minimum absolute atomic E-state index is 0.0655. The van der Waals surface area contributed by atoms with E-state index in [0.717, 1.165) is 6.54 Å². The van der Waals surface area contributed by atoms with Gasteiger partial charge in [-0.05, 0) is 32.6 Å². The first-order valence-corrected chi connectivity index (χ1v) is 6.30. The monoisotopic (exact) mass is 241 g/mol. The van der Waals surface area contributed by atoms with Gasteiger partial charge in [-0.25, -0.2) is 0 Å². The maximum absolute atomic E-state index is 11.9. The molecular weight excluding hydrogens is 218 g/mol. The molecule has 0 aromatic heterocycles. The molecule has 0 unspecified atom stereocenters. The summed E-state index contributed by atoms with van der Waals surface area (Å²) in [6.45, 7) is 3.96. The van der Waals surface area contributed by atoms with Gasteiger partial charge in [0.05, 0.1) is 5.41 Å². The number of rotatable bonds is 5. The van der Waals surface area contributed by atoms with E-state index in [1.54, 1.807) is 25.8 Å². The van der Waals surface area contributed by atoms with Crippen LogP contribution >= 0.6 is 0 Å². The van der Waals surface area contributed by atoms with Gasteiger partial charge in [-0.1, -0.05) is 12.8 Å². The Balaban J connectivity index is 2.43. The molecule has 17 heavy (non-hydrogen) atoms. The van der Waals surface area contributed by atoms with E-state index in [-0.39, 0.29) is 12.3 Å². The van der Waals surface area contributed by atoms with Crippen molar-refractivity contribution in [2.75, 3.05) is 13.6 Å². The Kier molecular flexibility index (Phi) is 4.54. The first kappa shape index (κ1) is 14.0. The number of carbonyl (C=O) groups excluding carboxylic acids is 1. The second-order valence-electron chi connectivity index (χ2n) is 5.79. The van der Waals surface area contributed by atoms with E-state index in [2.05, 4.69) is 0 Å². The normalized spacial score (nSPS) is 17.1. The van der Waals surface area contributed by atoms with Crippen molar-refractivity contribution < 1.29 is 14.7 Å². The second kappa shape index (κ2) is 5.52. The molecule has 1 saturated carbocycles. The summed E-state index contributed by atoms with van der Waals surface area (Å²) in [4.78, 5) is 24.6. The number of carboxylic acid groups (broad SMARTS) is 1. The van der Waals surface area contributed by atoms with Crippen LogP contribution in [0.25, 0.3) is 0 Å². The van der Waals surface area contributed by atoms with Crippen LogP contribution in [0.15, 0.2) is 0 Å². The minimum Gasteiger partial charge on any atom is -0.481 e. The van der Waals surface area contributed by atoms with Crippen LogP contribution in [0.3, 0.4) is 0 Å². The molecule has 0 aromatic rings. The van der Waals surface area contributed by atoms with E-state index < -0.39 is 11.4 Å². The summed E-state index contributed by atoms with van der Waals surface area (Å²) in [6.07, 6.45) is 4.98. The summed E-state index contributed by atoms with van der Waals surface area (Å²) in [5.41, 5.74) is -0.971. The molecule has 1 aliphatic rings. The van der Waals surface area contributed by atoms with Gasteiger partial charge in [-0.2, -0.15) is 0 Å². The Morgan fingerprint density at radius 3 is 2.29 bits per heavy atom. The summed E-state index contributed by atoms with van der Waals surface area (Å²) in [7, 11) is 1.78. The van der Waals surface area contributed by atoms with Crippen LogP contribution in [0.2, 0.25) is 0 Å². The van der Waals surface area contributed by atoms with Crippen molar-refractivity contribution in [3.8, 4) is 0 Å². The van der Waals surface area contributed by atoms with E-state index in [0.29, 0.717) is 5.92 Å². The zero-order valence-electron chi connectivity index (χ0n) is 11.0. The van der Waals surface area contributed by atoms with Gasteiger partial charge < -0.3 is 10.0 Å². The van der Waals surface area contributed by atoms with Crippen molar-refractivity contribution in [1.82, 2.24) is 4.90 Å². The molecule has 0 radical (unpaired) electrons. The van der Waals surface area contributed by atoms with Crippen molar-refractivity contribution >= 4 is 11.9 Å². The van der Waals surface area contributed by atoms with Crippen LogP contribution in [0.5, 0.6) is 0 Å². The predicted octanol–water partition coefficient (Wildman–Crippen LogP) is 2.14. The van der Waals surface area contributed by atoms with Crippen molar-refractivity contribution in [3.05, 3.63) is 0 Å². The topological polar surface area (TPSA) is 57.6 Å². The van der Waals surface area contributed by atoms with Gasteiger partial charge in [-0.3, -0.25) is 9.59 Å². The number of amides is 1. The van der Waals surface area contributed by atoms with Gasteiger partial charge >= 0.3 is 5.97 Å². The molecule has 1 aliphatic carbocycles. The smallest absolute Gasteiger partial charge is 0.309 e. The van der Waals surface area contributed by atoms with Gasteiger partial charge in [0, 0.05) is 20.0 Å². The minimum atomic E-state index is -0.971. The molecule has 0 atom stereocenters. The summed E-state index contributed by atoms with van der Waals surface area (Å²) in [6, 6.07) is 0. The predicted molar refractivity (Wildman–Crippen MR) is 65.6 cm³/mol. The lowest BCUT2D eigenvalue weighted by Gasteiger charge is -2.25. The fourth-order valence-electron chi connectivity index (χ4n) is 2.27. The number of hydrogen-bond donors (Lipinski definition) is 1. The third-order valence-electron chi connectivity index (χ3n) is 3.60. The number of aliphatic carboxylic acids is 1. The summed E-state index contributed by atoms with van der Waals surface area (Å²) >= 11 is 0. The Hall–Kier alpha value is -1.06. The Morgan fingerprint density at radius 2 is 1.82 bits per heavy atom. The highest BCUT2D eigenvalue weighted by atomic mass is 16.4. The molecule has 0 heterocycles. The fourth-order valence-corrected chi connectivity index (χ4v) is 2.27. The zero-order chi connectivity index (χ0) is 13.1.